The first-order valence-corrected chi connectivity index (χ1v) is 11.4. The highest BCUT2D eigenvalue weighted by molar-refractivity contribution is 5.59. The van der Waals surface area contributed by atoms with Crippen LogP contribution in [0, 0.1) is 11.6 Å². The molecular weight excluding hydrogens is 426 g/mol. The molecular formula is C24H28F2N6O. The molecule has 2 fully saturated rings. The number of hydrogen-bond donors (Lipinski definition) is 3. The van der Waals surface area contributed by atoms with Gasteiger partial charge in [-0.2, -0.15) is 5.10 Å². The highest BCUT2D eigenvalue weighted by atomic mass is 19.1. The van der Waals surface area contributed by atoms with Crippen LogP contribution >= 0.6 is 0 Å². The Hall–Kier alpha value is -3.04. The topological polar surface area (TPSA) is 78.1 Å². The third kappa shape index (κ3) is 5.31. The number of hydrogen-bond acceptors (Lipinski definition) is 6. The number of morpholine rings is 1. The van der Waals surface area contributed by atoms with Gasteiger partial charge in [-0.25, -0.2) is 13.8 Å². The zero-order chi connectivity index (χ0) is 22.8. The number of ether oxygens (including phenoxy) is 1. The second-order valence-corrected chi connectivity index (χ2v) is 8.74. The Balaban J connectivity index is 1.41. The Bertz CT molecular complexity index is 1090. The van der Waals surface area contributed by atoms with Crippen LogP contribution in [0.15, 0.2) is 36.4 Å². The van der Waals surface area contributed by atoms with Crippen LogP contribution in [0.5, 0.6) is 0 Å². The molecule has 5 rings (SSSR count). The van der Waals surface area contributed by atoms with Gasteiger partial charge in [0.1, 0.15) is 11.6 Å². The third-order valence-corrected chi connectivity index (χ3v) is 6.14. The third-order valence-electron chi connectivity index (χ3n) is 6.14. The van der Waals surface area contributed by atoms with Crippen LogP contribution in [-0.4, -0.2) is 46.4 Å². The predicted molar refractivity (Wildman–Crippen MR) is 123 cm³/mol. The summed E-state index contributed by atoms with van der Waals surface area (Å²) >= 11 is 0. The fourth-order valence-electron chi connectivity index (χ4n) is 4.03. The van der Waals surface area contributed by atoms with Crippen molar-refractivity contribution in [3.63, 3.8) is 0 Å². The lowest BCUT2D eigenvalue weighted by molar-refractivity contribution is 0.0342. The molecule has 0 amide bonds. The van der Waals surface area contributed by atoms with E-state index in [0.29, 0.717) is 37.3 Å². The van der Waals surface area contributed by atoms with Crippen molar-refractivity contribution in [1.82, 2.24) is 20.1 Å². The van der Waals surface area contributed by atoms with Crippen molar-refractivity contribution in [2.75, 3.05) is 36.9 Å². The van der Waals surface area contributed by atoms with Crippen molar-refractivity contribution >= 4 is 17.5 Å². The lowest BCUT2D eigenvalue weighted by Gasteiger charge is -2.28. The van der Waals surface area contributed by atoms with Crippen molar-refractivity contribution < 1.29 is 13.5 Å². The zero-order valence-electron chi connectivity index (χ0n) is 18.6. The number of benzene rings is 1. The van der Waals surface area contributed by atoms with Crippen molar-refractivity contribution in [2.24, 2.45) is 0 Å². The lowest BCUT2D eigenvalue weighted by Crippen LogP contribution is -2.36. The van der Waals surface area contributed by atoms with Gasteiger partial charge >= 0.3 is 0 Å². The summed E-state index contributed by atoms with van der Waals surface area (Å²) in [5.41, 5.74) is 2.73. The molecule has 0 radical (unpaired) electrons. The summed E-state index contributed by atoms with van der Waals surface area (Å²) in [6.45, 7) is 5.41. The molecule has 2 aliphatic rings. The molecule has 9 heteroatoms. The Morgan fingerprint density at radius 2 is 1.88 bits per heavy atom. The van der Waals surface area contributed by atoms with E-state index < -0.39 is 5.82 Å². The zero-order valence-corrected chi connectivity index (χ0v) is 18.6. The van der Waals surface area contributed by atoms with Crippen molar-refractivity contribution in [1.29, 1.82) is 0 Å². The van der Waals surface area contributed by atoms with Gasteiger partial charge < -0.3 is 15.4 Å². The first-order valence-electron chi connectivity index (χ1n) is 11.4. The summed E-state index contributed by atoms with van der Waals surface area (Å²) in [6, 6.07) is 9.63. The molecule has 33 heavy (non-hydrogen) atoms. The average molecular weight is 455 g/mol. The van der Waals surface area contributed by atoms with Gasteiger partial charge in [0.2, 0.25) is 0 Å². The Morgan fingerprint density at radius 3 is 2.61 bits per heavy atom. The van der Waals surface area contributed by atoms with Gasteiger partial charge in [-0.1, -0.05) is 12.1 Å². The van der Waals surface area contributed by atoms with E-state index in [0.717, 1.165) is 42.8 Å². The van der Waals surface area contributed by atoms with Crippen molar-refractivity contribution in [3.8, 4) is 0 Å². The minimum Gasteiger partial charge on any atom is -0.379 e. The van der Waals surface area contributed by atoms with E-state index in [-0.39, 0.29) is 17.7 Å². The summed E-state index contributed by atoms with van der Waals surface area (Å²) in [5.74, 6) is 1.05. The van der Waals surface area contributed by atoms with Crippen LogP contribution in [0.25, 0.3) is 0 Å². The van der Waals surface area contributed by atoms with Gasteiger partial charge in [0, 0.05) is 48.9 Å². The number of pyridine rings is 1. The first kappa shape index (κ1) is 21.8. The summed E-state index contributed by atoms with van der Waals surface area (Å²) in [4.78, 5) is 6.82. The minimum atomic E-state index is -0.436. The van der Waals surface area contributed by atoms with E-state index in [2.05, 4.69) is 30.7 Å². The fourth-order valence-corrected chi connectivity index (χ4v) is 4.03. The van der Waals surface area contributed by atoms with Gasteiger partial charge in [-0.3, -0.25) is 10.00 Å². The summed E-state index contributed by atoms with van der Waals surface area (Å²) < 4.78 is 33.9. The van der Waals surface area contributed by atoms with Crippen LogP contribution in [0.1, 0.15) is 48.5 Å². The molecule has 7 nitrogen and oxygen atoms in total. The normalized spacial score (nSPS) is 17.7. The molecule has 3 heterocycles. The quantitative estimate of drug-likeness (QED) is 0.458. The molecule has 2 aromatic heterocycles. The molecule has 1 aromatic carbocycles. The molecule has 1 saturated carbocycles. The maximum absolute atomic E-state index is 15.1. The van der Waals surface area contributed by atoms with Crippen molar-refractivity contribution in [3.05, 3.63) is 64.9 Å². The number of rotatable bonds is 8. The molecule has 3 aromatic rings. The molecule has 1 unspecified atom stereocenters. The predicted octanol–water partition coefficient (Wildman–Crippen LogP) is 4.71. The maximum atomic E-state index is 15.1. The molecule has 0 spiro atoms. The van der Waals surface area contributed by atoms with E-state index in [1.54, 1.807) is 12.1 Å². The summed E-state index contributed by atoms with van der Waals surface area (Å²) in [7, 11) is 0. The lowest BCUT2D eigenvalue weighted by atomic mass is 10.1. The largest absolute Gasteiger partial charge is 0.379 e. The average Bonchev–Trinajstić information content (AvgIpc) is 3.56. The van der Waals surface area contributed by atoms with E-state index in [4.69, 9.17) is 4.74 Å². The van der Waals surface area contributed by atoms with E-state index in [1.165, 1.54) is 18.2 Å². The summed E-state index contributed by atoms with van der Waals surface area (Å²) in [6.07, 6.45) is 2.31. The number of halogens is 2. The first-order chi connectivity index (χ1) is 16.0. The highest BCUT2D eigenvalue weighted by Crippen LogP contribution is 2.39. The SMILES string of the molecule is CC(Nc1nc(Nc2cc(C3CC3)[nH]n2)c(F)cc1CN1CCOCC1)c1ccc(F)cc1. The number of aromatic amines is 1. The van der Waals surface area contributed by atoms with Crippen LogP contribution in [0.2, 0.25) is 0 Å². The van der Waals surface area contributed by atoms with E-state index in [9.17, 15) is 4.39 Å². The smallest absolute Gasteiger partial charge is 0.170 e. The molecule has 1 aliphatic carbocycles. The van der Waals surface area contributed by atoms with Gasteiger partial charge in [0.15, 0.2) is 17.5 Å². The van der Waals surface area contributed by atoms with E-state index >= 15 is 4.39 Å². The molecule has 1 atom stereocenters. The number of nitrogens with one attached hydrogen (secondary N) is 3. The minimum absolute atomic E-state index is 0.114. The van der Waals surface area contributed by atoms with Gasteiger partial charge in [-0.15, -0.1) is 0 Å². The van der Waals surface area contributed by atoms with Crippen LogP contribution < -0.4 is 10.6 Å². The number of nitrogens with zero attached hydrogens (tertiary/aromatic N) is 3. The monoisotopic (exact) mass is 454 g/mol. The Kier molecular flexibility index (Phi) is 6.24. The molecule has 1 aliphatic heterocycles. The highest BCUT2D eigenvalue weighted by Gasteiger charge is 2.26. The Morgan fingerprint density at radius 1 is 1.12 bits per heavy atom. The fraction of sp³-hybridized carbons (Fsp3) is 0.417. The molecule has 0 bridgehead atoms. The van der Waals surface area contributed by atoms with Crippen molar-refractivity contribution in [2.45, 2.75) is 38.3 Å². The standard InChI is InChI=1S/C24H28F2N6O/c1-15(16-4-6-19(25)7-5-16)27-23-18(14-32-8-10-33-11-9-32)12-20(26)24(29-23)28-22-13-21(30-31-22)17-2-3-17/h4-7,12-13,15,17H,2-3,8-11,14H2,1H3,(H3,27,28,29,30,31). The second-order valence-electron chi connectivity index (χ2n) is 8.74. The van der Waals surface area contributed by atoms with Crippen LogP contribution in [0.4, 0.5) is 26.2 Å². The maximum Gasteiger partial charge on any atom is 0.170 e. The second kappa shape index (κ2) is 9.44. The van der Waals surface area contributed by atoms with Gasteiger partial charge in [0.25, 0.3) is 0 Å². The number of H-pyrrole nitrogens is 1. The van der Waals surface area contributed by atoms with E-state index in [1.807, 2.05) is 13.0 Å². The molecule has 3 N–H and O–H groups in total. The molecule has 174 valence electrons. The Labute approximate surface area is 191 Å². The summed E-state index contributed by atoms with van der Waals surface area (Å²) in [5, 5.41) is 13.7. The van der Waals surface area contributed by atoms with Gasteiger partial charge in [0.05, 0.1) is 13.2 Å². The number of aromatic nitrogens is 3. The van der Waals surface area contributed by atoms with Gasteiger partial charge in [-0.05, 0) is 43.5 Å². The van der Waals surface area contributed by atoms with Crippen LogP contribution in [0.3, 0.4) is 0 Å². The molecule has 1 saturated heterocycles. The number of anilines is 3. The van der Waals surface area contributed by atoms with Crippen LogP contribution in [-0.2, 0) is 11.3 Å².